The van der Waals surface area contributed by atoms with Crippen molar-refractivity contribution in [3.8, 4) is 0 Å². The lowest BCUT2D eigenvalue weighted by Crippen LogP contribution is -2.40. The first kappa shape index (κ1) is 24.6. The average Bonchev–Trinajstić information content (AvgIpc) is 3.34. The Morgan fingerprint density at radius 1 is 1.17 bits per heavy atom. The molecule has 1 aromatic carbocycles. The minimum atomic E-state index is -1.01. The van der Waals surface area contributed by atoms with Gasteiger partial charge in [-0.05, 0) is 36.3 Å². The molecule has 2 unspecified atom stereocenters. The summed E-state index contributed by atoms with van der Waals surface area (Å²) in [6, 6.07) is 11.1. The van der Waals surface area contributed by atoms with Crippen LogP contribution in [-0.2, 0) is 14.4 Å². The normalized spacial score (nSPS) is 18.1. The van der Waals surface area contributed by atoms with Crippen LogP contribution in [0.4, 0.5) is 10.5 Å². The summed E-state index contributed by atoms with van der Waals surface area (Å²) in [6.45, 7) is 1.03. The number of nitrogens with zero attached hydrogens (tertiary/aromatic N) is 3. The van der Waals surface area contributed by atoms with Gasteiger partial charge in [0.15, 0.2) is 5.78 Å². The molecule has 36 heavy (non-hydrogen) atoms. The van der Waals surface area contributed by atoms with Crippen LogP contribution in [0.15, 0.2) is 78.4 Å². The van der Waals surface area contributed by atoms with Gasteiger partial charge >= 0.3 is 12.0 Å². The summed E-state index contributed by atoms with van der Waals surface area (Å²) in [5.41, 5.74) is 2.39. The van der Waals surface area contributed by atoms with Crippen molar-refractivity contribution < 1.29 is 24.3 Å². The second kappa shape index (κ2) is 11.3. The molecule has 2 heterocycles. The van der Waals surface area contributed by atoms with Gasteiger partial charge in [-0.2, -0.15) is 0 Å². The molecule has 2 aliphatic rings. The highest BCUT2D eigenvalue weighted by molar-refractivity contribution is 5.96. The Balaban J connectivity index is 1.45. The van der Waals surface area contributed by atoms with Crippen molar-refractivity contribution in [3.05, 3.63) is 84.0 Å². The third-order valence-electron chi connectivity index (χ3n) is 6.19. The molecule has 4 rings (SSSR count). The number of nitrogens with one attached hydrogen (secondary N) is 2. The first-order valence-electron chi connectivity index (χ1n) is 11.6. The van der Waals surface area contributed by atoms with Gasteiger partial charge in [0, 0.05) is 48.6 Å². The molecule has 1 aromatic heterocycles. The van der Waals surface area contributed by atoms with Gasteiger partial charge < -0.3 is 25.5 Å². The fourth-order valence-electron chi connectivity index (χ4n) is 4.56. The molecule has 1 fully saturated rings. The first-order valence-corrected chi connectivity index (χ1v) is 11.6. The Kier molecular flexibility index (Phi) is 7.74. The molecule has 2 aromatic rings. The van der Waals surface area contributed by atoms with E-state index < -0.39 is 18.0 Å². The topological polar surface area (TPSA) is 132 Å². The second-order valence-electron chi connectivity index (χ2n) is 8.66. The predicted octanol–water partition coefficient (Wildman–Crippen LogP) is 2.69. The zero-order chi connectivity index (χ0) is 25.5. The molecule has 3 amide bonds. The van der Waals surface area contributed by atoms with Gasteiger partial charge in [-0.25, -0.2) is 4.79 Å². The van der Waals surface area contributed by atoms with Crippen molar-refractivity contribution in [1.82, 2.24) is 20.1 Å². The van der Waals surface area contributed by atoms with E-state index in [9.17, 15) is 24.3 Å². The zero-order valence-corrected chi connectivity index (χ0v) is 19.5. The summed E-state index contributed by atoms with van der Waals surface area (Å²) in [5.74, 6) is -1.15. The monoisotopic (exact) mass is 489 g/mol. The number of ketones is 1. The molecule has 3 N–H and O–H groups in total. The number of hydrogen-bond acceptors (Lipinski definition) is 6. The van der Waals surface area contributed by atoms with E-state index in [0.29, 0.717) is 42.9 Å². The van der Waals surface area contributed by atoms with Gasteiger partial charge in [0.2, 0.25) is 6.41 Å². The Hall–Kier alpha value is -4.47. The highest BCUT2D eigenvalue weighted by Crippen LogP contribution is 2.31. The summed E-state index contributed by atoms with van der Waals surface area (Å²) < 4.78 is 0. The van der Waals surface area contributed by atoms with Crippen LogP contribution in [0.3, 0.4) is 0 Å². The van der Waals surface area contributed by atoms with Gasteiger partial charge in [0.05, 0.1) is 24.9 Å². The number of aromatic nitrogens is 1. The molecule has 1 aliphatic carbocycles. The molecule has 0 spiro atoms. The van der Waals surface area contributed by atoms with Gasteiger partial charge in [-0.15, -0.1) is 0 Å². The first-order chi connectivity index (χ1) is 17.4. The number of pyridine rings is 1. The van der Waals surface area contributed by atoms with Gasteiger partial charge in [-0.3, -0.25) is 19.4 Å². The summed E-state index contributed by atoms with van der Waals surface area (Å²) in [7, 11) is 0. The van der Waals surface area contributed by atoms with Crippen LogP contribution in [0, 0.1) is 0 Å². The summed E-state index contributed by atoms with van der Waals surface area (Å²) in [4.78, 5) is 56.1. The Morgan fingerprint density at radius 2 is 1.97 bits per heavy atom. The molecule has 1 aliphatic heterocycles. The third-order valence-corrected chi connectivity index (χ3v) is 6.19. The second-order valence-corrected chi connectivity index (χ2v) is 8.66. The number of carbonyl (C=O) groups is 4. The minimum absolute atomic E-state index is 0.141. The number of amides is 3. The molecule has 2 atom stereocenters. The predicted molar refractivity (Wildman–Crippen MR) is 131 cm³/mol. The molecule has 0 radical (unpaired) electrons. The van der Waals surface area contributed by atoms with E-state index in [1.165, 1.54) is 6.08 Å². The van der Waals surface area contributed by atoms with E-state index in [1.807, 2.05) is 11.0 Å². The number of carboxylic acid groups (broad SMARTS) is 1. The molecule has 10 nitrogen and oxygen atoms in total. The van der Waals surface area contributed by atoms with Crippen LogP contribution in [-0.4, -0.2) is 63.2 Å². The third kappa shape index (κ3) is 6.15. The standard InChI is InChI=1S/C26H27N5O5/c32-17-31(24(14-25(34)35)18-5-4-9-27-15-18)21-8-10-30(16-21)22-11-20(12-23(33)13-22)29-26(36)28-19-6-2-1-3-7-19/h1-7,9,11-12,15,17,21,24H,8,10,13-14,16H2,(H,34,35)(H2,28,29,36). The number of rotatable bonds is 9. The number of para-hydroxylation sites is 1. The number of anilines is 1. The highest BCUT2D eigenvalue weighted by Gasteiger charge is 2.34. The number of likely N-dealkylation sites (tertiary alicyclic amines) is 1. The van der Waals surface area contributed by atoms with Crippen LogP contribution < -0.4 is 10.6 Å². The van der Waals surface area contributed by atoms with E-state index in [4.69, 9.17) is 0 Å². The SMILES string of the molecule is O=CN(C1CCN(C2=CC(NC(=O)Nc3ccccc3)=CC(=O)C2)C1)C(CC(=O)O)c1cccnc1. The van der Waals surface area contributed by atoms with E-state index >= 15 is 0 Å². The average molecular weight is 490 g/mol. The van der Waals surface area contributed by atoms with Crippen LogP contribution in [0.1, 0.15) is 30.9 Å². The van der Waals surface area contributed by atoms with Crippen molar-refractivity contribution in [3.63, 3.8) is 0 Å². The summed E-state index contributed by atoms with van der Waals surface area (Å²) >= 11 is 0. The van der Waals surface area contributed by atoms with Gasteiger partial charge in [0.25, 0.3) is 0 Å². The van der Waals surface area contributed by atoms with Crippen LogP contribution in [0.2, 0.25) is 0 Å². The maximum absolute atomic E-state index is 12.4. The Bertz CT molecular complexity index is 1180. The minimum Gasteiger partial charge on any atom is -0.481 e. The van der Waals surface area contributed by atoms with Crippen molar-refractivity contribution in [2.45, 2.75) is 31.3 Å². The molecule has 0 bridgehead atoms. The van der Waals surface area contributed by atoms with E-state index in [0.717, 1.165) is 5.70 Å². The van der Waals surface area contributed by atoms with E-state index in [1.54, 1.807) is 59.8 Å². The molecule has 1 saturated heterocycles. The van der Waals surface area contributed by atoms with Gasteiger partial charge in [-0.1, -0.05) is 24.3 Å². The Morgan fingerprint density at radius 3 is 2.67 bits per heavy atom. The number of allylic oxidation sites excluding steroid dienone is 3. The number of urea groups is 1. The van der Waals surface area contributed by atoms with Crippen LogP contribution in [0.5, 0.6) is 0 Å². The number of aliphatic carboxylic acids is 1. The maximum Gasteiger partial charge on any atom is 0.323 e. The number of carboxylic acids is 1. The molecular weight excluding hydrogens is 462 g/mol. The fraction of sp³-hybridized carbons (Fsp3) is 0.269. The molecule has 10 heteroatoms. The van der Waals surface area contributed by atoms with E-state index in [-0.39, 0.29) is 24.7 Å². The van der Waals surface area contributed by atoms with Crippen molar-refractivity contribution in [2.75, 3.05) is 18.4 Å². The maximum atomic E-state index is 12.4. The zero-order valence-electron chi connectivity index (χ0n) is 19.5. The lowest BCUT2D eigenvalue weighted by atomic mass is 10.0. The fourth-order valence-corrected chi connectivity index (χ4v) is 4.56. The number of carbonyl (C=O) groups excluding carboxylic acids is 3. The highest BCUT2D eigenvalue weighted by atomic mass is 16.4. The summed E-state index contributed by atoms with van der Waals surface area (Å²) in [5, 5.41) is 14.9. The molecular formula is C26H27N5O5. The van der Waals surface area contributed by atoms with E-state index in [2.05, 4.69) is 15.6 Å². The van der Waals surface area contributed by atoms with Crippen molar-refractivity contribution in [1.29, 1.82) is 0 Å². The van der Waals surface area contributed by atoms with Crippen molar-refractivity contribution in [2.24, 2.45) is 0 Å². The lowest BCUT2D eigenvalue weighted by Gasteiger charge is -2.33. The van der Waals surface area contributed by atoms with Crippen LogP contribution >= 0.6 is 0 Å². The molecule has 0 saturated carbocycles. The Labute approximate surface area is 208 Å². The lowest BCUT2D eigenvalue weighted by molar-refractivity contribution is -0.139. The van der Waals surface area contributed by atoms with Crippen LogP contribution in [0.25, 0.3) is 0 Å². The number of hydrogen-bond donors (Lipinski definition) is 3. The van der Waals surface area contributed by atoms with Gasteiger partial charge in [0.1, 0.15) is 0 Å². The number of benzene rings is 1. The summed E-state index contributed by atoms with van der Waals surface area (Å²) in [6.07, 6.45) is 7.56. The smallest absolute Gasteiger partial charge is 0.323 e. The quantitative estimate of drug-likeness (QED) is 0.462. The largest absolute Gasteiger partial charge is 0.481 e. The van der Waals surface area contributed by atoms with Crippen molar-refractivity contribution >= 4 is 29.9 Å². The molecule has 186 valence electrons.